The van der Waals surface area contributed by atoms with E-state index in [1.807, 2.05) is 42.5 Å². The molecule has 0 fully saturated rings. The Morgan fingerprint density at radius 2 is 1.63 bits per heavy atom. The molecule has 19 heavy (non-hydrogen) atoms. The molecule has 0 bridgehead atoms. The van der Waals surface area contributed by atoms with E-state index in [1.54, 1.807) is 0 Å². The van der Waals surface area contributed by atoms with Crippen molar-refractivity contribution >= 4 is 11.6 Å². The van der Waals surface area contributed by atoms with Crippen LogP contribution in [0.2, 0.25) is 0 Å². The fraction of sp³-hybridized carbons (Fsp3) is 0.188. The number of anilines is 1. The Balaban J connectivity index is 2.05. The lowest BCUT2D eigenvalue weighted by Gasteiger charge is -2.10. The number of benzene rings is 2. The molecule has 0 aliphatic rings. The van der Waals surface area contributed by atoms with Crippen molar-refractivity contribution in [3.63, 3.8) is 0 Å². The molecule has 0 aliphatic carbocycles. The minimum absolute atomic E-state index is 0.382. The summed E-state index contributed by atoms with van der Waals surface area (Å²) in [5, 5.41) is 11.5. The van der Waals surface area contributed by atoms with Gasteiger partial charge in [0.25, 0.3) is 0 Å². The van der Waals surface area contributed by atoms with Crippen LogP contribution >= 0.6 is 0 Å². The topological polar surface area (TPSA) is 49.3 Å². The summed E-state index contributed by atoms with van der Waals surface area (Å²) in [4.78, 5) is 11.2. The summed E-state index contributed by atoms with van der Waals surface area (Å²) >= 11 is 0. The van der Waals surface area contributed by atoms with Gasteiger partial charge in [0.1, 0.15) is 6.61 Å². The standard InChI is InChI=1S/C16H17NO2/c18-12-16(19)17-15-9-5-4-8-14(15)11-10-13-6-2-1-3-7-13/h1-9,18H,10-12H2,(H,17,19). The fourth-order valence-corrected chi connectivity index (χ4v) is 1.97. The van der Waals surface area contributed by atoms with E-state index < -0.39 is 6.61 Å². The summed E-state index contributed by atoms with van der Waals surface area (Å²) in [5.41, 5.74) is 3.12. The van der Waals surface area contributed by atoms with Gasteiger partial charge in [0.15, 0.2) is 0 Å². The minimum atomic E-state index is -0.493. The van der Waals surface area contributed by atoms with Crippen LogP contribution in [0.5, 0.6) is 0 Å². The van der Waals surface area contributed by atoms with Crippen molar-refractivity contribution < 1.29 is 9.90 Å². The first-order valence-electron chi connectivity index (χ1n) is 6.32. The first-order chi connectivity index (χ1) is 9.29. The van der Waals surface area contributed by atoms with Crippen molar-refractivity contribution in [3.8, 4) is 0 Å². The molecule has 3 nitrogen and oxygen atoms in total. The molecule has 2 rings (SSSR count). The van der Waals surface area contributed by atoms with Gasteiger partial charge in [-0.05, 0) is 30.0 Å². The molecular formula is C16H17NO2. The van der Waals surface area contributed by atoms with Crippen LogP contribution in [0.25, 0.3) is 0 Å². The summed E-state index contributed by atoms with van der Waals surface area (Å²) in [6.45, 7) is -0.493. The SMILES string of the molecule is O=C(CO)Nc1ccccc1CCc1ccccc1. The number of hydrogen-bond acceptors (Lipinski definition) is 2. The van der Waals surface area contributed by atoms with Crippen molar-refractivity contribution in [2.75, 3.05) is 11.9 Å². The van der Waals surface area contributed by atoms with E-state index in [0.717, 1.165) is 24.1 Å². The molecule has 0 unspecified atom stereocenters. The van der Waals surface area contributed by atoms with Crippen LogP contribution in [0.3, 0.4) is 0 Å². The smallest absolute Gasteiger partial charge is 0.250 e. The summed E-state index contributed by atoms with van der Waals surface area (Å²) in [5.74, 6) is -0.382. The van der Waals surface area contributed by atoms with Crippen LogP contribution in [0.15, 0.2) is 54.6 Å². The summed E-state index contributed by atoms with van der Waals surface area (Å²) < 4.78 is 0. The van der Waals surface area contributed by atoms with Crippen molar-refractivity contribution in [1.82, 2.24) is 0 Å². The van der Waals surface area contributed by atoms with E-state index in [-0.39, 0.29) is 5.91 Å². The highest BCUT2D eigenvalue weighted by Gasteiger charge is 2.05. The van der Waals surface area contributed by atoms with E-state index in [4.69, 9.17) is 5.11 Å². The van der Waals surface area contributed by atoms with Gasteiger partial charge in [-0.25, -0.2) is 0 Å². The molecule has 0 aromatic heterocycles. The zero-order valence-corrected chi connectivity index (χ0v) is 10.7. The van der Waals surface area contributed by atoms with Gasteiger partial charge in [0.05, 0.1) is 0 Å². The average Bonchev–Trinajstić information content (AvgIpc) is 2.47. The summed E-state index contributed by atoms with van der Waals surface area (Å²) in [6.07, 6.45) is 1.78. The Labute approximate surface area is 112 Å². The zero-order chi connectivity index (χ0) is 13.5. The summed E-state index contributed by atoms with van der Waals surface area (Å²) in [6, 6.07) is 17.9. The van der Waals surface area contributed by atoms with Gasteiger partial charge in [-0.3, -0.25) is 4.79 Å². The number of rotatable bonds is 5. The number of para-hydroxylation sites is 1. The van der Waals surface area contributed by atoms with Gasteiger partial charge in [0.2, 0.25) is 5.91 Å². The molecule has 2 aromatic rings. The summed E-state index contributed by atoms with van der Waals surface area (Å²) in [7, 11) is 0. The predicted molar refractivity (Wildman–Crippen MR) is 76.0 cm³/mol. The quantitative estimate of drug-likeness (QED) is 0.862. The van der Waals surface area contributed by atoms with Crippen LogP contribution < -0.4 is 5.32 Å². The lowest BCUT2D eigenvalue weighted by atomic mass is 10.0. The van der Waals surface area contributed by atoms with Gasteiger partial charge < -0.3 is 10.4 Å². The van der Waals surface area contributed by atoms with E-state index in [9.17, 15) is 4.79 Å². The number of hydrogen-bond donors (Lipinski definition) is 2. The normalized spacial score (nSPS) is 10.2. The molecule has 1 amide bonds. The average molecular weight is 255 g/mol. The lowest BCUT2D eigenvalue weighted by molar-refractivity contribution is -0.118. The molecule has 0 heterocycles. The third-order valence-electron chi connectivity index (χ3n) is 2.96. The number of nitrogens with one attached hydrogen (secondary N) is 1. The van der Waals surface area contributed by atoms with Crippen LogP contribution in [0.1, 0.15) is 11.1 Å². The maximum atomic E-state index is 11.2. The maximum Gasteiger partial charge on any atom is 0.250 e. The molecular weight excluding hydrogens is 238 g/mol. The van der Waals surface area contributed by atoms with Gasteiger partial charge in [0, 0.05) is 5.69 Å². The predicted octanol–water partition coefficient (Wildman–Crippen LogP) is 2.40. The molecule has 3 heteroatoms. The number of amides is 1. The van der Waals surface area contributed by atoms with Gasteiger partial charge in [-0.1, -0.05) is 48.5 Å². The monoisotopic (exact) mass is 255 g/mol. The maximum absolute atomic E-state index is 11.2. The third kappa shape index (κ3) is 3.93. The Kier molecular flexibility index (Phi) is 4.70. The first-order valence-corrected chi connectivity index (χ1v) is 6.32. The fourth-order valence-electron chi connectivity index (χ4n) is 1.97. The van der Waals surface area contributed by atoms with E-state index >= 15 is 0 Å². The van der Waals surface area contributed by atoms with Crippen molar-refractivity contribution in [2.45, 2.75) is 12.8 Å². The second-order valence-corrected chi connectivity index (χ2v) is 4.35. The molecule has 0 spiro atoms. The van der Waals surface area contributed by atoms with Crippen LogP contribution in [0.4, 0.5) is 5.69 Å². The number of carbonyl (C=O) groups excluding carboxylic acids is 1. The van der Waals surface area contributed by atoms with Gasteiger partial charge in [-0.2, -0.15) is 0 Å². The van der Waals surface area contributed by atoms with Gasteiger partial charge >= 0.3 is 0 Å². The highest BCUT2D eigenvalue weighted by molar-refractivity contribution is 5.92. The molecule has 98 valence electrons. The first kappa shape index (κ1) is 13.3. The number of aliphatic hydroxyl groups is 1. The van der Waals surface area contributed by atoms with Crippen molar-refractivity contribution in [3.05, 3.63) is 65.7 Å². The van der Waals surface area contributed by atoms with Crippen LogP contribution in [-0.4, -0.2) is 17.6 Å². The lowest BCUT2D eigenvalue weighted by Crippen LogP contribution is -2.16. The Bertz CT molecular complexity index is 537. The molecule has 2 aromatic carbocycles. The zero-order valence-electron chi connectivity index (χ0n) is 10.7. The number of carbonyl (C=O) groups is 1. The molecule has 0 radical (unpaired) electrons. The van der Waals surface area contributed by atoms with Crippen LogP contribution in [0, 0.1) is 0 Å². The highest BCUT2D eigenvalue weighted by Crippen LogP contribution is 2.17. The second-order valence-electron chi connectivity index (χ2n) is 4.35. The highest BCUT2D eigenvalue weighted by atomic mass is 16.3. The Morgan fingerprint density at radius 3 is 2.37 bits per heavy atom. The second kappa shape index (κ2) is 6.71. The largest absolute Gasteiger partial charge is 0.387 e. The van der Waals surface area contributed by atoms with Crippen molar-refractivity contribution in [1.29, 1.82) is 0 Å². The number of aryl methyl sites for hydroxylation is 2. The molecule has 0 atom stereocenters. The van der Waals surface area contributed by atoms with E-state index in [1.165, 1.54) is 5.56 Å². The Morgan fingerprint density at radius 1 is 0.947 bits per heavy atom. The number of aliphatic hydroxyl groups excluding tert-OH is 1. The molecule has 0 aliphatic heterocycles. The third-order valence-corrected chi connectivity index (χ3v) is 2.96. The molecule has 0 saturated carbocycles. The van der Waals surface area contributed by atoms with Crippen LogP contribution in [-0.2, 0) is 17.6 Å². The van der Waals surface area contributed by atoms with Gasteiger partial charge in [-0.15, -0.1) is 0 Å². The van der Waals surface area contributed by atoms with E-state index in [2.05, 4.69) is 17.4 Å². The molecule has 0 saturated heterocycles. The van der Waals surface area contributed by atoms with E-state index in [0.29, 0.717) is 0 Å². The van der Waals surface area contributed by atoms with Crippen molar-refractivity contribution in [2.24, 2.45) is 0 Å². The minimum Gasteiger partial charge on any atom is -0.387 e. The molecule has 2 N–H and O–H groups in total. The Hall–Kier alpha value is -2.13.